The molecule has 126 valence electrons. The van der Waals surface area contributed by atoms with Crippen LogP contribution in [-0.2, 0) is 6.54 Å². The smallest absolute Gasteiger partial charge is 0.198 e. The first-order valence-electron chi connectivity index (χ1n) is 9.05. The normalized spacial score (nSPS) is 19.4. The first-order valence-corrected chi connectivity index (χ1v) is 9.05. The maximum atomic E-state index is 11.0. The Balaban J connectivity index is 1.82. The van der Waals surface area contributed by atoms with E-state index in [2.05, 4.69) is 55.5 Å². The number of unbranched alkanes of at least 4 members (excludes halogenated alkanes) is 1. The van der Waals surface area contributed by atoms with Gasteiger partial charge >= 0.3 is 0 Å². The van der Waals surface area contributed by atoms with Crippen LogP contribution in [0.15, 0.2) is 48.5 Å². The highest BCUT2D eigenvalue weighted by molar-refractivity contribution is 5.72. The molecule has 2 N–H and O–H groups in total. The summed E-state index contributed by atoms with van der Waals surface area (Å²) in [6.45, 7) is 2.76. The van der Waals surface area contributed by atoms with E-state index < -0.39 is 0 Å². The lowest BCUT2D eigenvalue weighted by atomic mass is 9.62. The summed E-state index contributed by atoms with van der Waals surface area (Å²) in [6, 6.07) is 16.9. The molecule has 6 rings (SSSR count). The highest BCUT2D eigenvalue weighted by Crippen LogP contribution is 2.60. The van der Waals surface area contributed by atoms with Crippen LogP contribution in [0, 0.1) is 0 Å². The van der Waals surface area contributed by atoms with Gasteiger partial charge in [-0.05, 0) is 28.7 Å². The first-order chi connectivity index (χ1) is 12.2. The molecule has 3 aliphatic rings. The number of rotatable bonds is 3. The molecule has 2 bridgehead atoms. The summed E-state index contributed by atoms with van der Waals surface area (Å²) >= 11 is 0. The molecule has 0 atom stereocenters. The zero-order valence-corrected chi connectivity index (χ0v) is 14.2. The third-order valence-electron chi connectivity index (χ3n) is 5.83. The van der Waals surface area contributed by atoms with Gasteiger partial charge in [-0.15, -0.1) is 0 Å². The van der Waals surface area contributed by atoms with Gasteiger partial charge < -0.3 is 10.2 Å². The molecule has 0 fully saturated rings. The van der Waals surface area contributed by atoms with Crippen LogP contribution < -0.4 is 0 Å². The Morgan fingerprint density at radius 3 is 1.52 bits per heavy atom. The molecule has 2 aromatic carbocycles. The lowest BCUT2D eigenvalue weighted by molar-refractivity contribution is 0.361. The van der Waals surface area contributed by atoms with E-state index in [-0.39, 0.29) is 23.6 Å². The number of aromatic nitrogens is 1. The summed E-state index contributed by atoms with van der Waals surface area (Å²) in [4.78, 5) is 0. The van der Waals surface area contributed by atoms with Crippen molar-refractivity contribution in [1.82, 2.24) is 4.57 Å². The summed E-state index contributed by atoms with van der Waals surface area (Å²) < 4.78 is 1.70. The molecule has 0 spiro atoms. The molecular formula is C22H21NO2. The zero-order valence-electron chi connectivity index (χ0n) is 14.2. The van der Waals surface area contributed by atoms with Crippen LogP contribution in [0.4, 0.5) is 0 Å². The van der Waals surface area contributed by atoms with Crippen LogP contribution in [0.1, 0.15) is 65.0 Å². The fourth-order valence-corrected chi connectivity index (χ4v) is 4.76. The predicted molar refractivity (Wildman–Crippen MR) is 97.4 cm³/mol. The van der Waals surface area contributed by atoms with E-state index in [9.17, 15) is 10.2 Å². The van der Waals surface area contributed by atoms with Crippen LogP contribution in [0.5, 0.6) is 11.8 Å². The van der Waals surface area contributed by atoms with Crippen LogP contribution >= 0.6 is 0 Å². The third kappa shape index (κ3) is 1.76. The standard InChI is InChI=1S/C22H21NO2/c1-2-3-12-23-21(24)19-17-13-8-4-5-9-14(13)18(20(19)22(23)25)16-11-7-6-10-15(16)17/h4-11,17-18,24-25H,2-3,12H2,1H3. The van der Waals surface area contributed by atoms with Crippen LogP contribution in [-0.4, -0.2) is 14.8 Å². The average molecular weight is 331 g/mol. The summed E-state index contributed by atoms with van der Waals surface area (Å²) in [5.74, 6) is 0.474. The minimum Gasteiger partial charge on any atom is -0.494 e. The monoisotopic (exact) mass is 331 g/mol. The fourth-order valence-electron chi connectivity index (χ4n) is 4.76. The van der Waals surface area contributed by atoms with Crippen LogP contribution in [0.25, 0.3) is 0 Å². The van der Waals surface area contributed by atoms with Crippen molar-refractivity contribution in [1.29, 1.82) is 0 Å². The van der Waals surface area contributed by atoms with Gasteiger partial charge in [0.1, 0.15) is 0 Å². The zero-order chi connectivity index (χ0) is 17.1. The summed E-state index contributed by atoms with van der Waals surface area (Å²) in [5, 5.41) is 21.9. The van der Waals surface area contributed by atoms with Crippen molar-refractivity contribution in [3.63, 3.8) is 0 Å². The maximum Gasteiger partial charge on any atom is 0.198 e. The Morgan fingerprint density at radius 1 is 0.760 bits per heavy atom. The van der Waals surface area contributed by atoms with Crippen molar-refractivity contribution in [2.75, 3.05) is 0 Å². The molecule has 0 amide bonds. The number of hydrogen-bond donors (Lipinski definition) is 2. The number of hydrogen-bond acceptors (Lipinski definition) is 2. The summed E-state index contributed by atoms with van der Waals surface area (Å²) in [6.07, 6.45) is 1.96. The molecule has 0 radical (unpaired) electrons. The minimum atomic E-state index is 0.00109. The SMILES string of the molecule is CCCCn1c(O)c2c(c1O)C1c3ccccc3C2c2ccccc21. The van der Waals surface area contributed by atoms with Crippen molar-refractivity contribution in [3.05, 3.63) is 81.9 Å². The van der Waals surface area contributed by atoms with E-state index in [0.717, 1.165) is 24.0 Å². The van der Waals surface area contributed by atoms with Gasteiger partial charge in [-0.1, -0.05) is 61.9 Å². The van der Waals surface area contributed by atoms with Crippen molar-refractivity contribution >= 4 is 0 Å². The van der Waals surface area contributed by atoms with Crippen molar-refractivity contribution in [2.45, 2.75) is 38.1 Å². The second-order valence-electron chi connectivity index (χ2n) is 7.10. The van der Waals surface area contributed by atoms with Gasteiger partial charge in [0, 0.05) is 29.5 Å². The molecule has 0 aliphatic heterocycles. The quantitative estimate of drug-likeness (QED) is 0.504. The van der Waals surface area contributed by atoms with Crippen molar-refractivity contribution in [3.8, 4) is 11.8 Å². The molecule has 0 unspecified atom stereocenters. The van der Waals surface area contributed by atoms with Gasteiger partial charge in [0.15, 0.2) is 11.8 Å². The van der Waals surface area contributed by atoms with Gasteiger partial charge in [-0.3, -0.25) is 4.57 Å². The van der Waals surface area contributed by atoms with E-state index in [1.165, 1.54) is 22.3 Å². The lowest BCUT2D eigenvalue weighted by Gasteiger charge is -2.40. The second kappa shape index (κ2) is 5.16. The molecule has 3 nitrogen and oxygen atoms in total. The summed E-state index contributed by atoms with van der Waals surface area (Å²) in [5.41, 5.74) is 6.80. The molecule has 1 aromatic heterocycles. The van der Waals surface area contributed by atoms with Gasteiger partial charge in [0.05, 0.1) is 0 Å². The van der Waals surface area contributed by atoms with Crippen molar-refractivity contribution in [2.24, 2.45) is 0 Å². The number of nitrogens with zero attached hydrogens (tertiary/aromatic N) is 1. The molecular weight excluding hydrogens is 310 g/mol. The largest absolute Gasteiger partial charge is 0.494 e. The predicted octanol–water partition coefficient (Wildman–Crippen LogP) is 4.69. The van der Waals surface area contributed by atoms with E-state index in [1.807, 2.05) is 0 Å². The second-order valence-corrected chi connectivity index (χ2v) is 7.10. The first kappa shape index (κ1) is 14.6. The fraction of sp³-hybridized carbons (Fsp3) is 0.273. The third-order valence-corrected chi connectivity index (χ3v) is 5.83. The lowest BCUT2D eigenvalue weighted by Crippen LogP contribution is -2.26. The highest BCUT2D eigenvalue weighted by Gasteiger charge is 2.46. The minimum absolute atomic E-state index is 0.00109. The van der Waals surface area contributed by atoms with E-state index in [4.69, 9.17) is 0 Å². The Hall–Kier alpha value is -2.68. The topological polar surface area (TPSA) is 45.4 Å². The molecule has 0 saturated heterocycles. The average Bonchev–Trinajstić information content (AvgIpc) is 2.91. The highest BCUT2D eigenvalue weighted by atomic mass is 16.3. The molecule has 0 saturated carbocycles. The Bertz CT molecular complexity index is 865. The Kier molecular flexibility index (Phi) is 3.02. The summed E-state index contributed by atoms with van der Waals surface area (Å²) in [7, 11) is 0. The Morgan fingerprint density at radius 2 is 1.16 bits per heavy atom. The Labute approximate surface area is 147 Å². The van der Waals surface area contributed by atoms with E-state index >= 15 is 0 Å². The molecule has 3 aromatic rings. The number of benzene rings is 2. The van der Waals surface area contributed by atoms with E-state index in [0.29, 0.717) is 6.54 Å². The number of aromatic hydroxyl groups is 2. The van der Waals surface area contributed by atoms with Gasteiger partial charge in [0.25, 0.3) is 0 Å². The molecule has 3 heteroatoms. The van der Waals surface area contributed by atoms with Gasteiger partial charge in [-0.2, -0.15) is 0 Å². The van der Waals surface area contributed by atoms with Crippen LogP contribution in [0.2, 0.25) is 0 Å². The maximum absolute atomic E-state index is 11.0. The molecule has 1 heterocycles. The van der Waals surface area contributed by atoms with Gasteiger partial charge in [0.2, 0.25) is 0 Å². The van der Waals surface area contributed by atoms with Gasteiger partial charge in [-0.25, -0.2) is 0 Å². The van der Waals surface area contributed by atoms with Crippen molar-refractivity contribution < 1.29 is 10.2 Å². The molecule has 25 heavy (non-hydrogen) atoms. The molecule has 3 aliphatic carbocycles. The van der Waals surface area contributed by atoms with E-state index in [1.54, 1.807) is 4.57 Å². The van der Waals surface area contributed by atoms with Crippen LogP contribution in [0.3, 0.4) is 0 Å².